The van der Waals surface area contributed by atoms with Gasteiger partial charge in [-0.3, -0.25) is 0 Å². The zero-order chi connectivity index (χ0) is 17.2. The van der Waals surface area contributed by atoms with Gasteiger partial charge in [0.2, 0.25) is 5.88 Å². The summed E-state index contributed by atoms with van der Waals surface area (Å²) in [6.07, 6.45) is 0. The number of aliphatic imine (C=N–C) groups is 1. The van der Waals surface area contributed by atoms with Gasteiger partial charge in [0.1, 0.15) is 5.75 Å². The summed E-state index contributed by atoms with van der Waals surface area (Å²) in [5.74, 6) is 2.17. The molecule has 6 nitrogen and oxygen atoms in total. The molecule has 0 aliphatic carbocycles. The molecule has 1 heterocycles. The first kappa shape index (κ1) is 17.6. The molecule has 0 unspecified atom stereocenters. The molecular formula is C18H24N4O2. The van der Waals surface area contributed by atoms with Gasteiger partial charge in [0.15, 0.2) is 5.96 Å². The van der Waals surface area contributed by atoms with E-state index >= 15 is 0 Å². The van der Waals surface area contributed by atoms with Crippen molar-refractivity contribution >= 4 is 5.96 Å². The van der Waals surface area contributed by atoms with E-state index < -0.39 is 0 Å². The van der Waals surface area contributed by atoms with Crippen LogP contribution in [-0.2, 0) is 13.1 Å². The molecule has 0 spiro atoms. The summed E-state index contributed by atoms with van der Waals surface area (Å²) in [4.78, 5) is 8.99. The Labute approximate surface area is 142 Å². The van der Waals surface area contributed by atoms with E-state index in [2.05, 4.69) is 20.6 Å². The number of hydrogen-bond acceptors (Lipinski definition) is 4. The van der Waals surface area contributed by atoms with Gasteiger partial charge in [-0.15, -0.1) is 0 Å². The summed E-state index contributed by atoms with van der Waals surface area (Å²) in [6, 6.07) is 13.6. The summed E-state index contributed by atoms with van der Waals surface area (Å²) in [7, 11) is 3.28. The van der Waals surface area contributed by atoms with E-state index in [-0.39, 0.29) is 0 Å². The molecule has 0 atom stereocenters. The van der Waals surface area contributed by atoms with Crippen LogP contribution in [-0.4, -0.2) is 31.7 Å². The average Bonchev–Trinajstić information content (AvgIpc) is 2.64. The number of rotatable bonds is 7. The molecule has 6 heteroatoms. The van der Waals surface area contributed by atoms with Crippen LogP contribution in [0.5, 0.6) is 11.6 Å². The number of para-hydroxylation sites is 1. The summed E-state index contributed by atoms with van der Waals surface area (Å²) >= 11 is 0. The highest BCUT2D eigenvalue weighted by molar-refractivity contribution is 5.79. The Morgan fingerprint density at radius 1 is 1.04 bits per heavy atom. The fourth-order valence-corrected chi connectivity index (χ4v) is 2.18. The molecule has 0 saturated heterocycles. The monoisotopic (exact) mass is 328 g/mol. The molecule has 2 rings (SSSR count). The van der Waals surface area contributed by atoms with E-state index in [1.165, 1.54) is 0 Å². The van der Waals surface area contributed by atoms with Gasteiger partial charge in [-0.1, -0.05) is 24.3 Å². The third-order valence-corrected chi connectivity index (χ3v) is 3.37. The molecule has 0 radical (unpaired) electrons. The van der Waals surface area contributed by atoms with Crippen molar-refractivity contribution in [3.8, 4) is 11.6 Å². The van der Waals surface area contributed by atoms with E-state index in [4.69, 9.17) is 9.47 Å². The van der Waals surface area contributed by atoms with Crippen LogP contribution in [0, 0.1) is 0 Å². The Hall–Kier alpha value is -2.76. The molecule has 0 fully saturated rings. The summed E-state index contributed by atoms with van der Waals surface area (Å²) < 4.78 is 10.5. The zero-order valence-corrected chi connectivity index (χ0v) is 14.4. The van der Waals surface area contributed by atoms with Crippen molar-refractivity contribution < 1.29 is 9.47 Å². The molecule has 1 aromatic carbocycles. The summed E-state index contributed by atoms with van der Waals surface area (Å²) in [5.41, 5.74) is 1.92. The Bertz CT molecular complexity index is 674. The maximum atomic E-state index is 5.36. The maximum absolute atomic E-state index is 5.36. The standard InChI is InChI=1S/C18H24N4O2/c1-4-19-18(20-12-14-8-5-6-10-16(14)23-2)21-13-15-9-7-11-17(22-15)24-3/h5-11H,4,12-13H2,1-3H3,(H2,19,20,21). The number of hydrogen-bond donors (Lipinski definition) is 2. The highest BCUT2D eigenvalue weighted by Crippen LogP contribution is 2.17. The van der Waals surface area contributed by atoms with Gasteiger partial charge >= 0.3 is 0 Å². The van der Waals surface area contributed by atoms with Gasteiger partial charge in [0.25, 0.3) is 0 Å². The van der Waals surface area contributed by atoms with Crippen LogP contribution >= 0.6 is 0 Å². The first-order chi connectivity index (χ1) is 11.8. The Balaban J connectivity index is 2.02. The number of pyridine rings is 1. The van der Waals surface area contributed by atoms with Crippen LogP contribution in [0.1, 0.15) is 18.2 Å². The molecule has 128 valence electrons. The lowest BCUT2D eigenvalue weighted by Gasteiger charge is -2.12. The van der Waals surface area contributed by atoms with Gasteiger partial charge in [-0.05, 0) is 19.1 Å². The number of guanidine groups is 1. The van der Waals surface area contributed by atoms with Crippen LogP contribution < -0.4 is 20.1 Å². The molecule has 1 aromatic heterocycles. The third-order valence-electron chi connectivity index (χ3n) is 3.37. The second-order valence-electron chi connectivity index (χ2n) is 5.03. The van der Waals surface area contributed by atoms with Gasteiger partial charge in [0, 0.05) is 18.2 Å². The fourth-order valence-electron chi connectivity index (χ4n) is 2.18. The lowest BCUT2D eigenvalue weighted by Crippen LogP contribution is -2.37. The van der Waals surface area contributed by atoms with Crippen LogP contribution in [0.2, 0.25) is 0 Å². The van der Waals surface area contributed by atoms with E-state index in [1.807, 2.05) is 49.4 Å². The van der Waals surface area contributed by atoms with E-state index in [1.54, 1.807) is 14.2 Å². The lowest BCUT2D eigenvalue weighted by atomic mass is 10.2. The Morgan fingerprint density at radius 3 is 2.62 bits per heavy atom. The smallest absolute Gasteiger partial charge is 0.213 e. The lowest BCUT2D eigenvalue weighted by molar-refractivity contribution is 0.396. The van der Waals surface area contributed by atoms with E-state index in [0.717, 1.165) is 29.5 Å². The molecule has 0 aliphatic heterocycles. The van der Waals surface area contributed by atoms with Crippen molar-refractivity contribution in [2.75, 3.05) is 20.8 Å². The van der Waals surface area contributed by atoms with Crippen molar-refractivity contribution in [1.82, 2.24) is 15.6 Å². The molecule has 0 amide bonds. The van der Waals surface area contributed by atoms with E-state index in [9.17, 15) is 0 Å². The minimum Gasteiger partial charge on any atom is -0.496 e. The first-order valence-electron chi connectivity index (χ1n) is 7.90. The van der Waals surface area contributed by atoms with E-state index in [0.29, 0.717) is 19.0 Å². The highest BCUT2D eigenvalue weighted by atomic mass is 16.5. The predicted octanol–water partition coefficient (Wildman–Crippen LogP) is 2.35. The van der Waals surface area contributed by atoms with Crippen molar-refractivity contribution in [3.63, 3.8) is 0 Å². The minimum atomic E-state index is 0.533. The van der Waals surface area contributed by atoms with Crippen molar-refractivity contribution in [2.24, 2.45) is 4.99 Å². The predicted molar refractivity (Wildman–Crippen MR) is 95.4 cm³/mol. The fraction of sp³-hybridized carbons (Fsp3) is 0.333. The van der Waals surface area contributed by atoms with Crippen LogP contribution in [0.15, 0.2) is 47.5 Å². The Kier molecular flexibility index (Phi) is 6.89. The number of ether oxygens (including phenoxy) is 2. The van der Waals surface area contributed by atoms with Gasteiger partial charge in [0.05, 0.1) is 33.0 Å². The quantitative estimate of drug-likeness (QED) is 0.603. The van der Waals surface area contributed by atoms with Gasteiger partial charge in [-0.2, -0.15) is 0 Å². The van der Waals surface area contributed by atoms with Crippen LogP contribution in [0.25, 0.3) is 0 Å². The second-order valence-corrected chi connectivity index (χ2v) is 5.03. The molecule has 0 aliphatic rings. The largest absolute Gasteiger partial charge is 0.496 e. The van der Waals surface area contributed by atoms with Crippen LogP contribution in [0.4, 0.5) is 0 Å². The Morgan fingerprint density at radius 2 is 1.88 bits per heavy atom. The first-order valence-corrected chi connectivity index (χ1v) is 7.90. The molecule has 24 heavy (non-hydrogen) atoms. The molecule has 2 N–H and O–H groups in total. The minimum absolute atomic E-state index is 0.533. The number of benzene rings is 1. The average molecular weight is 328 g/mol. The molecule has 0 saturated carbocycles. The van der Waals surface area contributed by atoms with Crippen molar-refractivity contribution in [3.05, 3.63) is 53.7 Å². The number of methoxy groups -OCH3 is 2. The molecule has 0 bridgehead atoms. The maximum Gasteiger partial charge on any atom is 0.213 e. The highest BCUT2D eigenvalue weighted by Gasteiger charge is 2.03. The number of nitrogens with one attached hydrogen (secondary N) is 2. The normalized spacial score (nSPS) is 11.0. The van der Waals surface area contributed by atoms with Crippen LogP contribution in [0.3, 0.4) is 0 Å². The topological polar surface area (TPSA) is 67.8 Å². The molecule has 2 aromatic rings. The van der Waals surface area contributed by atoms with Crippen molar-refractivity contribution in [1.29, 1.82) is 0 Å². The third kappa shape index (κ3) is 5.15. The van der Waals surface area contributed by atoms with Gasteiger partial charge in [-0.25, -0.2) is 9.98 Å². The zero-order valence-electron chi connectivity index (χ0n) is 14.4. The van der Waals surface area contributed by atoms with Crippen molar-refractivity contribution in [2.45, 2.75) is 20.0 Å². The summed E-state index contributed by atoms with van der Waals surface area (Å²) in [6.45, 7) is 3.91. The second kappa shape index (κ2) is 9.39. The SMILES string of the molecule is CCNC(=NCc1ccccc1OC)NCc1cccc(OC)n1. The number of aromatic nitrogens is 1. The van der Waals surface area contributed by atoms with Gasteiger partial charge < -0.3 is 20.1 Å². The molecular weight excluding hydrogens is 304 g/mol. The summed E-state index contributed by atoms with van der Waals surface area (Å²) in [5, 5.41) is 6.50. The number of nitrogens with zero attached hydrogens (tertiary/aromatic N) is 2.